The summed E-state index contributed by atoms with van der Waals surface area (Å²) in [4.78, 5) is 24.9. The van der Waals surface area contributed by atoms with E-state index in [2.05, 4.69) is 5.32 Å². The van der Waals surface area contributed by atoms with Crippen LogP contribution < -0.4 is 20.4 Å². The maximum Gasteiger partial charge on any atom is 0.349 e. The maximum atomic E-state index is 12.6. The van der Waals surface area contributed by atoms with Gasteiger partial charge in [0.15, 0.2) is 11.3 Å². The van der Waals surface area contributed by atoms with Crippen LogP contribution in [-0.2, 0) is 0 Å². The van der Waals surface area contributed by atoms with Crippen LogP contribution in [0.5, 0.6) is 11.5 Å². The number of hydrogen-bond donors (Lipinski definition) is 1. The van der Waals surface area contributed by atoms with Crippen molar-refractivity contribution in [3.63, 3.8) is 0 Å². The SMILES string of the molecule is CCOc1cccc2cc(C(=O)Nc3cc(C)ccc3OC)c(=O)oc12. The molecule has 1 amide bonds. The molecule has 1 N–H and O–H groups in total. The molecule has 26 heavy (non-hydrogen) atoms. The fourth-order valence-corrected chi connectivity index (χ4v) is 2.65. The lowest BCUT2D eigenvalue weighted by atomic mass is 10.1. The van der Waals surface area contributed by atoms with E-state index in [1.165, 1.54) is 13.2 Å². The quantitative estimate of drug-likeness (QED) is 0.707. The number of methoxy groups -OCH3 is 1. The number of carbonyl (C=O) groups is 1. The van der Waals surface area contributed by atoms with Gasteiger partial charge in [0.05, 0.1) is 19.4 Å². The fourth-order valence-electron chi connectivity index (χ4n) is 2.65. The van der Waals surface area contributed by atoms with Crippen LogP contribution in [0.2, 0.25) is 0 Å². The van der Waals surface area contributed by atoms with E-state index >= 15 is 0 Å². The Morgan fingerprint density at radius 2 is 1.96 bits per heavy atom. The predicted octanol–water partition coefficient (Wildman–Crippen LogP) is 3.76. The van der Waals surface area contributed by atoms with Crippen LogP contribution in [0.3, 0.4) is 0 Å². The molecule has 1 aromatic heterocycles. The number of fused-ring (bicyclic) bond motifs is 1. The van der Waals surface area contributed by atoms with Gasteiger partial charge in [0.1, 0.15) is 11.3 Å². The Morgan fingerprint density at radius 1 is 1.15 bits per heavy atom. The molecular formula is C20H19NO5. The average Bonchev–Trinajstić information content (AvgIpc) is 2.62. The molecule has 2 aromatic carbocycles. The highest BCUT2D eigenvalue weighted by Gasteiger charge is 2.17. The van der Waals surface area contributed by atoms with Gasteiger partial charge in [-0.1, -0.05) is 18.2 Å². The molecule has 6 nitrogen and oxygen atoms in total. The number of aryl methyl sites for hydroxylation is 1. The number of carbonyl (C=O) groups excluding carboxylic acids is 1. The molecule has 0 fully saturated rings. The van der Waals surface area contributed by atoms with Gasteiger partial charge in [-0.3, -0.25) is 4.79 Å². The van der Waals surface area contributed by atoms with Gasteiger partial charge in [0.2, 0.25) is 0 Å². The lowest BCUT2D eigenvalue weighted by Gasteiger charge is -2.11. The second-order valence-corrected chi connectivity index (χ2v) is 5.71. The Bertz CT molecular complexity index is 1020. The monoisotopic (exact) mass is 353 g/mol. The second-order valence-electron chi connectivity index (χ2n) is 5.71. The number of hydrogen-bond acceptors (Lipinski definition) is 5. The van der Waals surface area contributed by atoms with Gasteiger partial charge in [-0.2, -0.15) is 0 Å². The van der Waals surface area contributed by atoms with Crippen LogP contribution in [0.25, 0.3) is 11.0 Å². The third-order valence-corrected chi connectivity index (χ3v) is 3.87. The molecule has 0 aliphatic heterocycles. The van der Waals surface area contributed by atoms with Crippen molar-refractivity contribution in [3.8, 4) is 11.5 Å². The molecule has 0 spiro atoms. The van der Waals surface area contributed by atoms with Crippen molar-refractivity contribution in [1.29, 1.82) is 0 Å². The van der Waals surface area contributed by atoms with Crippen molar-refractivity contribution in [1.82, 2.24) is 0 Å². The van der Waals surface area contributed by atoms with Crippen LogP contribution >= 0.6 is 0 Å². The molecule has 0 aliphatic rings. The van der Waals surface area contributed by atoms with Gasteiger partial charge in [0, 0.05) is 5.39 Å². The first-order chi connectivity index (χ1) is 12.5. The van der Waals surface area contributed by atoms with Crippen LogP contribution in [0.4, 0.5) is 5.69 Å². The molecule has 0 bridgehead atoms. The fraction of sp³-hybridized carbons (Fsp3) is 0.200. The third kappa shape index (κ3) is 3.39. The molecule has 1 heterocycles. The summed E-state index contributed by atoms with van der Waals surface area (Å²) in [5.74, 6) is 0.411. The molecular weight excluding hydrogens is 334 g/mol. The normalized spacial score (nSPS) is 10.6. The third-order valence-electron chi connectivity index (χ3n) is 3.87. The van der Waals surface area contributed by atoms with E-state index in [4.69, 9.17) is 13.9 Å². The first kappa shape index (κ1) is 17.5. The Labute approximate surface area is 150 Å². The summed E-state index contributed by atoms with van der Waals surface area (Å²) in [6, 6.07) is 12.1. The number of nitrogens with one attached hydrogen (secondary N) is 1. The van der Waals surface area contributed by atoms with Crippen molar-refractivity contribution in [2.24, 2.45) is 0 Å². The average molecular weight is 353 g/mol. The van der Waals surface area contributed by atoms with E-state index in [1.807, 2.05) is 19.9 Å². The Balaban J connectivity index is 2.00. The summed E-state index contributed by atoms with van der Waals surface area (Å²) in [5, 5.41) is 3.32. The van der Waals surface area contributed by atoms with E-state index in [0.29, 0.717) is 34.8 Å². The first-order valence-electron chi connectivity index (χ1n) is 8.19. The largest absolute Gasteiger partial charge is 0.495 e. The number of ether oxygens (including phenoxy) is 2. The van der Waals surface area contributed by atoms with Gasteiger partial charge in [-0.25, -0.2) is 4.79 Å². The van der Waals surface area contributed by atoms with E-state index in [-0.39, 0.29) is 5.56 Å². The Kier molecular flexibility index (Phi) is 4.93. The van der Waals surface area contributed by atoms with Gasteiger partial charge in [-0.15, -0.1) is 0 Å². The van der Waals surface area contributed by atoms with Gasteiger partial charge >= 0.3 is 5.63 Å². The number of benzene rings is 2. The van der Waals surface area contributed by atoms with Gasteiger partial charge in [-0.05, 0) is 43.7 Å². The van der Waals surface area contributed by atoms with Crippen molar-refractivity contribution in [2.45, 2.75) is 13.8 Å². The van der Waals surface area contributed by atoms with Crippen LogP contribution in [-0.4, -0.2) is 19.6 Å². The minimum atomic E-state index is -0.728. The first-order valence-corrected chi connectivity index (χ1v) is 8.19. The number of para-hydroxylation sites is 1. The van der Waals surface area contributed by atoms with Gasteiger partial charge < -0.3 is 19.2 Å². The summed E-state index contributed by atoms with van der Waals surface area (Å²) >= 11 is 0. The summed E-state index contributed by atoms with van der Waals surface area (Å²) in [5.41, 5.74) is 0.945. The minimum Gasteiger partial charge on any atom is -0.495 e. The highest BCUT2D eigenvalue weighted by atomic mass is 16.5. The smallest absolute Gasteiger partial charge is 0.349 e. The van der Waals surface area contributed by atoms with E-state index in [1.54, 1.807) is 30.3 Å². The zero-order valence-electron chi connectivity index (χ0n) is 14.8. The van der Waals surface area contributed by atoms with Crippen molar-refractivity contribution >= 4 is 22.6 Å². The topological polar surface area (TPSA) is 77.8 Å². The molecule has 0 radical (unpaired) electrons. The van der Waals surface area contributed by atoms with Crippen molar-refractivity contribution in [2.75, 3.05) is 19.0 Å². The molecule has 0 aliphatic carbocycles. The van der Waals surface area contributed by atoms with Crippen LogP contribution in [0, 0.1) is 6.92 Å². The van der Waals surface area contributed by atoms with E-state index < -0.39 is 11.5 Å². The highest BCUT2D eigenvalue weighted by Crippen LogP contribution is 2.27. The number of rotatable bonds is 5. The number of amides is 1. The molecule has 0 saturated heterocycles. The molecule has 3 aromatic rings. The predicted molar refractivity (Wildman–Crippen MR) is 99.3 cm³/mol. The molecule has 134 valence electrons. The Morgan fingerprint density at radius 3 is 2.69 bits per heavy atom. The van der Waals surface area contributed by atoms with E-state index in [0.717, 1.165) is 5.56 Å². The van der Waals surface area contributed by atoms with Crippen molar-refractivity contribution < 1.29 is 18.7 Å². The summed E-state index contributed by atoms with van der Waals surface area (Å²) < 4.78 is 16.1. The zero-order valence-corrected chi connectivity index (χ0v) is 14.8. The van der Waals surface area contributed by atoms with Crippen molar-refractivity contribution in [3.05, 3.63) is 64.0 Å². The molecule has 0 atom stereocenters. The molecule has 3 rings (SSSR count). The molecule has 0 unspecified atom stereocenters. The lowest BCUT2D eigenvalue weighted by Crippen LogP contribution is -2.21. The van der Waals surface area contributed by atoms with Crippen LogP contribution in [0.1, 0.15) is 22.8 Å². The highest BCUT2D eigenvalue weighted by molar-refractivity contribution is 6.06. The summed E-state index contributed by atoms with van der Waals surface area (Å²) in [6.07, 6.45) is 0. The second kappa shape index (κ2) is 7.31. The molecule has 6 heteroatoms. The molecule has 0 saturated carbocycles. The van der Waals surface area contributed by atoms with Gasteiger partial charge in [0.25, 0.3) is 5.91 Å². The number of anilines is 1. The minimum absolute atomic E-state index is 0.0882. The van der Waals surface area contributed by atoms with E-state index in [9.17, 15) is 9.59 Å². The standard InChI is InChI=1S/C20H19NO5/c1-4-25-17-7-5-6-13-11-14(20(23)26-18(13)17)19(22)21-15-10-12(2)8-9-16(15)24-3/h5-11H,4H2,1-3H3,(H,21,22). The van der Waals surface area contributed by atoms with Crippen LogP contribution in [0.15, 0.2) is 51.7 Å². The zero-order chi connectivity index (χ0) is 18.7. The maximum absolute atomic E-state index is 12.6. The Hall–Kier alpha value is -3.28. The summed E-state index contributed by atoms with van der Waals surface area (Å²) in [6.45, 7) is 4.18. The summed E-state index contributed by atoms with van der Waals surface area (Å²) in [7, 11) is 1.51. The lowest BCUT2D eigenvalue weighted by molar-refractivity contribution is 0.102.